The molecule has 2 aromatic rings. The largest absolute Gasteiger partial charge is 0.330 e. The van der Waals surface area contributed by atoms with Crippen LogP contribution in [-0.4, -0.2) is 24.5 Å². The Morgan fingerprint density at radius 1 is 1.00 bits per heavy atom. The summed E-state index contributed by atoms with van der Waals surface area (Å²) in [6.07, 6.45) is 0. The molecule has 3 rings (SSSR count). The van der Waals surface area contributed by atoms with Crippen LogP contribution in [0, 0.1) is 11.7 Å². The van der Waals surface area contributed by atoms with E-state index in [9.17, 15) is 4.39 Å². The molecule has 1 aliphatic heterocycles. The molecule has 2 atom stereocenters. The molecule has 0 aromatic heterocycles. The minimum Gasteiger partial charge on any atom is -0.330 e. The van der Waals surface area contributed by atoms with Gasteiger partial charge in [-0.05, 0) is 35.7 Å². The monoisotopic (exact) mass is 284 g/mol. The minimum atomic E-state index is -0.179. The van der Waals surface area contributed by atoms with Gasteiger partial charge in [-0.15, -0.1) is 0 Å². The molecule has 0 saturated carbocycles. The summed E-state index contributed by atoms with van der Waals surface area (Å²) in [5.41, 5.74) is 8.47. The normalized spacial score (nSPS) is 22.6. The van der Waals surface area contributed by atoms with Crippen LogP contribution >= 0.6 is 0 Å². The van der Waals surface area contributed by atoms with Gasteiger partial charge < -0.3 is 5.73 Å². The van der Waals surface area contributed by atoms with E-state index in [1.54, 1.807) is 12.1 Å². The van der Waals surface area contributed by atoms with Crippen LogP contribution in [0.25, 0.3) is 0 Å². The lowest BCUT2D eigenvalue weighted by Crippen LogP contribution is -2.23. The van der Waals surface area contributed by atoms with Gasteiger partial charge in [0.1, 0.15) is 5.82 Å². The molecule has 0 spiro atoms. The Balaban J connectivity index is 1.72. The second-order valence-electron chi connectivity index (χ2n) is 5.83. The van der Waals surface area contributed by atoms with E-state index in [0.717, 1.165) is 19.6 Å². The lowest BCUT2D eigenvalue weighted by atomic mass is 9.89. The summed E-state index contributed by atoms with van der Waals surface area (Å²) in [5, 5.41) is 0. The Bertz CT molecular complexity index is 568. The second-order valence-corrected chi connectivity index (χ2v) is 5.83. The summed E-state index contributed by atoms with van der Waals surface area (Å²) in [5.74, 6) is 0.667. The van der Waals surface area contributed by atoms with Gasteiger partial charge in [-0.1, -0.05) is 42.5 Å². The van der Waals surface area contributed by atoms with Crippen LogP contribution in [0.4, 0.5) is 4.39 Å². The van der Waals surface area contributed by atoms with Crippen molar-refractivity contribution in [3.8, 4) is 0 Å². The first-order valence-corrected chi connectivity index (χ1v) is 7.48. The van der Waals surface area contributed by atoms with Gasteiger partial charge in [0.25, 0.3) is 0 Å². The molecule has 0 amide bonds. The van der Waals surface area contributed by atoms with Crippen LogP contribution in [0.2, 0.25) is 0 Å². The fraction of sp³-hybridized carbons (Fsp3) is 0.333. The van der Waals surface area contributed by atoms with Gasteiger partial charge in [-0.25, -0.2) is 4.39 Å². The minimum absolute atomic E-state index is 0.179. The molecule has 21 heavy (non-hydrogen) atoms. The number of halogens is 1. The van der Waals surface area contributed by atoms with Crippen LogP contribution < -0.4 is 5.73 Å². The van der Waals surface area contributed by atoms with E-state index in [2.05, 4.69) is 29.2 Å². The van der Waals surface area contributed by atoms with Crippen molar-refractivity contribution in [2.75, 3.05) is 19.6 Å². The van der Waals surface area contributed by atoms with Crippen molar-refractivity contribution in [1.29, 1.82) is 0 Å². The van der Waals surface area contributed by atoms with Gasteiger partial charge in [0.15, 0.2) is 0 Å². The highest BCUT2D eigenvalue weighted by Crippen LogP contribution is 2.32. The second kappa shape index (κ2) is 6.37. The van der Waals surface area contributed by atoms with Gasteiger partial charge in [0, 0.05) is 25.6 Å². The molecule has 110 valence electrons. The third-order valence-corrected chi connectivity index (χ3v) is 4.37. The molecule has 1 aliphatic rings. The molecule has 2 unspecified atom stereocenters. The Morgan fingerprint density at radius 2 is 1.71 bits per heavy atom. The number of nitrogens with zero attached hydrogens (tertiary/aromatic N) is 1. The fourth-order valence-corrected chi connectivity index (χ4v) is 3.26. The van der Waals surface area contributed by atoms with Crippen LogP contribution in [0.3, 0.4) is 0 Å². The molecular formula is C18H21FN2. The molecule has 1 fully saturated rings. The number of rotatable bonds is 4. The SMILES string of the molecule is NCC1CN(Cc2ccccc2)CC1c1ccc(F)cc1. The van der Waals surface area contributed by atoms with E-state index in [0.29, 0.717) is 18.4 Å². The third-order valence-electron chi connectivity index (χ3n) is 4.37. The van der Waals surface area contributed by atoms with Crippen molar-refractivity contribution in [3.63, 3.8) is 0 Å². The van der Waals surface area contributed by atoms with E-state index in [4.69, 9.17) is 5.73 Å². The van der Waals surface area contributed by atoms with Crippen molar-refractivity contribution < 1.29 is 4.39 Å². The van der Waals surface area contributed by atoms with Crippen LogP contribution in [0.15, 0.2) is 54.6 Å². The zero-order chi connectivity index (χ0) is 14.7. The Labute approximate surface area is 125 Å². The molecule has 2 aromatic carbocycles. The van der Waals surface area contributed by atoms with Gasteiger partial charge in [-0.3, -0.25) is 4.90 Å². The Hall–Kier alpha value is -1.71. The van der Waals surface area contributed by atoms with Gasteiger partial charge in [0.2, 0.25) is 0 Å². The number of likely N-dealkylation sites (tertiary alicyclic amines) is 1. The Kier molecular flexibility index (Phi) is 4.32. The quantitative estimate of drug-likeness (QED) is 0.935. The highest BCUT2D eigenvalue weighted by atomic mass is 19.1. The summed E-state index contributed by atoms with van der Waals surface area (Å²) in [7, 11) is 0. The first-order chi connectivity index (χ1) is 10.3. The van der Waals surface area contributed by atoms with E-state index in [1.807, 2.05) is 18.2 Å². The average molecular weight is 284 g/mol. The van der Waals surface area contributed by atoms with Crippen LogP contribution in [-0.2, 0) is 6.54 Å². The van der Waals surface area contributed by atoms with Gasteiger partial charge >= 0.3 is 0 Å². The standard InChI is InChI=1S/C18H21FN2/c19-17-8-6-15(7-9-17)18-13-21(12-16(18)10-20)11-14-4-2-1-3-5-14/h1-9,16,18H,10-13,20H2. The van der Waals surface area contributed by atoms with Crippen molar-refractivity contribution in [1.82, 2.24) is 4.90 Å². The summed E-state index contributed by atoms with van der Waals surface area (Å²) in [6.45, 7) is 3.62. The van der Waals surface area contributed by atoms with Crippen molar-refractivity contribution in [3.05, 3.63) is 71.5 Å². The summed E-state index contributed by atoms with van der Waals surface area (Å²) >= 11 is 0. The molecule has 3 heteroatoms. The topological polar surface area (TPSA) is 29.3 Å². The summed E-state index contributed by atoms with van der Waals surface area (Å²) in [4.78, 5) is 2.45. The number of benzene rings is 2. The average Bonchev–Trinajstić information content (AvgIpc) is 2.92. The van der Waals surface area contributed by atoms with E-state index in [-0.39, 0.29) is 5.82 Å². The molecule has 2 N–H and O–H groups in total. The van der Waals surface area contributed by atoms with Crippen LogP contribution in [0.5, 0.6) is 0 Å². The number of hydrogen-bond acceptors (Lipinski definition) is 2. The zero-order valence-corrected chi connectivity index (χ0v) is 12.1. The smallest absolute Gasteiger partial charge is 0.123 e. The maximum absolute atomic E-state index is 13.1. The van der Waals surface area contributed by atoms with E-state index < -0.39 is 0 Å². The predicted molar refractivity (Wildman–Crippen MR) is 83.4 cm³/mol. The molecule has 1 heterocycles. The van der Waals surface area contributed by atoms with Crippen LogP contribution in [0.1, 0.15) is 17.0 Å². The highest BCUT2D eigenvalue weighted by molar-refractivity contribution is 5.24. The number of hydrogen-bond donors (Lipinski definition) is 1. The zero-order valence-electron chi connectivity index (χ0n) is 12.1. The first kappa shape index (κ1) is 14.2. The van der Waals surface area contributed by atoms with E-state index in [1.165, 1.54) is 11.1 Å². The molecule has 0 radical (unpaired) electrons. The lowest BCUT2D eigenvalue weighted by Gasteiger charge is -2.17. The summed E-state index contributed by atoms with van der Waals surface area (Å²) in [6, 6.07) is 17.4. The van der Waals surface area contributed by atoms with Crippen molar-refractivity contribution in [2.24, 2.45) is 11.7 Å². The Morgan fingerprint density at radius 3 is 2.38 bits per heavy atom. The maximum Gasteiger partial charge on any atom is 0.123 e. The van der Waals surface area contributed by atoms with E-state index >= 15 is 0 Å². The van der Waals surface area contributed by atoms with Crippen molar-refractivity contribution in [2.45, 2.75) is 12.5 Å². The molecule has 1 saturated heterocycles. The molecule has 2 nitrogen and oxygen atoms in total. The van der Waals surface area contributed by atoms with Gasteiger partial charge in [-0.2, -0.15) is 0 Å². The molecule has 0 aliphatic carbocycles. The first-order valence-electron chi connectivity index (χ1n) is 7.48. The predicted octanol–water partition coefficient (Wildman–Crippen LogP) is 3.00. The fourth-order valence-electron chi connectivity index (χ4n) is 3.26. The molecular weight excluding hydrogens is 263 g/mol. The maximum atomic E-state index is 13.1. The molecule has 0 bridgehead atoms. The highest BCUT2D eigenvalue weighted by Gasteiger charge is 2.32. The van der Waals surface area contributed by atoms with Gasteiger partial charge in [0.05, 0.1) is 0 Å². The lowest BCUT2D eigenvalue weighted by molar-refractivity contribution is 0.317. The third kappa shape index (κ3) is 3.31. The number of nitrogens with two attached hydrogens (primary N) is 1. The van der Waals surface area contributed by atoms with Crippen molar-refractivity contribution >= 4 is 0 Å². The summed E-state index contributed by atoms with van der Waals surface area (Å²) < 4.78 is 13.1.